The lowest BCUT2D eigenvalue weighted by Crippen LogP contribution is -2.28. The first-order chi connectivity index (χ1) is 7.02. The lowest BCUT2D eigenvalue weighted by Gasteiger charge is -2.08. The lowest BCUT2D eigenvalue weighted by molar-refractivity contribution is 0.0834. The van der Waals surface area contributed by atoms with E-state index in [2.05, 4.69) is 14.9 Å². The van der Waals surface area contributed by atoms with Gasteiger partial charge >= 0.3 is 0 Å². The van der Waals surface area contributed by atoms with Crippen LogP contribution in [-0.2, 0) is 14.8 Å². The number of ether oxygens (including phenoxy) is 1. The molecule has 15 heavy (non-hydrogen) atoms. The van der Waals surface area contributed by atoms with Crippen LogP contribution in [0.4, 0.5) is 0 Å². The summed E-state index contributed by atoms with van der Waals surface area (Å²) in [4.78, 5) is 0. The molecule has 1 rings (SSSR count). The lowest BCUT2D eigenvalue weighted by atomic mass is 10.5. The number of aromatic nitrogens is 2. The van der Waals surface area contributed by atoms with Gasteiger partial charge in [-0.25, -0.2) is 13.1 Å². The van der Waals surface area contributed by atoms with E-state index in [-0.39, 0.29) is 17.7 Å². The maximum Gasteiger partial charge on any atom is 0.257 e. The zero-order valence-electron chi connectivity index (χ0n) is 8.73. The minimum atomic E-state index is -3.46. The van der Waals surface area contributed by atoms with Gasteiger partial charge in [0.25, 0.3) is 10.0 Å². The van der Waals surface area contributed by atoms with E-state index < -0.39 is 10.0 Å². The summed E-state index contributed by atoms with van der Waals surface area (Å²) < 4.78 is 30.6. The third kappa shape index (κ3) is 3.98. The first-order valence-corrected chi connectivity index (χ1v) is 6.11. The largest absolute Gasteiger partial charge is 0.377 e. The molecule has 86 valence electrons. The average Bonchev–Trinajstić information content (AvgIpc) is 2.65. The Labute approximate surface area is 89.1 Å². The summed E-state index contributed by atoms with van der Waals surface area (Å²) in [7, 11) is -3.46. The SMILES string of the molecule is CC(C)OCCNS(=O)(=O)c1ccn[nH]1. The normalized spacial score (nSPS) is 12.2. The van der Waals surface area contributed by atoms with Crippen LogP contribution in [0.3, 0.4) is 0 Å². The van der Waals surface area contributed by atoms with E-state index >= 15 is 0 Å². The summed E-state index contributed by atoms with van der Waals surface area (Å²) in [6.45, 7) is 4.39. The van der Waals surface area contributed by atoms with Gasteiger partial charge in [-0.15, -0.1) is 0 Å². The van der Waals surface area contributed by atoms with E-state index in [1.165, 1.54) is 12.3 Å². The van der Waals surface area contributed by atoms with Crippen LogP contribution in [0.2, 0.25) is 0 Å². The summed E-state index contributed by atoms with van der Waals surface area (Å²) in [5, 5.41) is 6.02. The van der Waals surface area contributed by atoms with Gasteiger partial charge in [0.1, 0.15) is 0 Å². The van der Waals surface area contributed by atoms with E-state index in [1.807, 2.05) is 13.8 Å². The fourth-order valence-corrected chi connectivity index (χ4v) is 1.86. The van der Waals surface area contributed by atoms with Crippen molar-refractivity contribution in [3.63, 3.8) is 0 Å². The third-order valence-corrected chi connectivity index (χ3v) is 3.00. The Hall–Kier alpha value is -0.920. The van der Waals surface area contributed by atoms with Crippen molar-refractivity contribution in [3.05, 3.63) is 12.3 Å². The van der Waals surface area contributed by atoms with Crippen LogP contribution in [-0.4, -0.2) is 37.9 Å². The van der Waals surface area contributed by atoms with Crippen LogP contribution in [0.5, 0.6) is 0 Å². The molecule has 0 spiro atoms. The Bertz CT molecular complexity index is 372. The highest BCUT2D eigenvalue weighted by Crippen LogP contribution is 2.01. The van der Waals surface area contributed by atoms with E-state index in [4.69, 9.17) is 4.74 Å². The molecule has 0 aromatic carbocycles. The number of nitrogens with zero attached hydrogens (tertiary/aromatic N) is 1. The van der Waals surface area contributed by atoms with Crippen LogP contribution in [0.25, 0.3) is 0 Å². The first kappa shape index (κ1) is 12.2. The second-order valence-corrected chi connectivity index (χ2v) is 4.97. The summed E-state index contributed by atoms with van der Waals surface area (Å²) >= 11 is 0. The molecule has 1 aromatic heterocycles. The number of aromatic amines is 1. The van der Waals surface area contributed by atoms with Gasteiger partial charge in [-0.2, -0.15) is 5.10 Å². The number of hydrogen-bond acceptors (Lipinski definition) is 4. The molecule has 2 N–H and O–H groups in total. The van der Waals surface area contributed by atoms with Crippen molar-refractivity contribution in [2.45, 2.75) is 25.0 Å². The van der Waals surface area contributed by atoms with E-state index in [0.717, 1.165) is 0 Å². The topological polar surface area (TPSA) is 84.1 Å². The summed E-state index contributed by atoms with van der Waals surface area (Å²) in [5.74, 6) is 0. The Kier molecular flexibility index (Phi) is 4.25. The minimum Gasteiger partial charge on any atom is -0.377 e. The average molecular weight is 233 g/mol. The molecule has 0 fully saturated rings. The third-order valence-electron chi connectivity index (χ3n) is 1.61. The fraction of sp³-hybridized carbons (Fsp3) is 0.625. The number of H-pyrrole nitrogens is 1. The van der Waals surface area contributed by atoms with Crippen molar-refractivity contribution in [1.29, 1.82) is 0 Å². The van der Waals surface area contributed by atoms with Crippen LogP contribution in [0.1, 0.15) is 13.8 Å². The van der Waals surface area contributed by atoms with Gasteiger partial charge in [0, 0.05) is 6.54 Å². The standard InChI is InChI=1S/C8H15N3O3S/c1-7(2)14-6-5-10-15(12,13)8-3-4-9-11-8/h3-4,7,10H,5-6H2,1-2H3,(H,9,11). The van der Waals surface area contributed by atoms with Gasteiger partial charge in [-0.1, -0.05) is 0 Å². The van der Waals surface area contributed by atoms with Crippen molar-refractivity contribution in [1.82, 2.24) is 14.9 Å². The monoisotopic (exact) mass is 233 g/mol. The molecule has 1 heterocycles. The molecule has 0 saturated carbocycles. The quantitative estimate of drug-likeness (QED) is 0.683. The predicted molar refractivity (Wildman–Crippen MR) is 54.9 cm³/mol. The summed E-state index contributed by atoms with van der Waals surface area (Å²) in [6.07, 6.45) is 1.49. The van der Waals surface area contributed by atoms with E-state index in [1.54, 1.807) is 0 Å². The second kappa shape index (κ2) is 5.24. The number of sulfonamides is 1. The Morgan fingerprint density at radius 1 is 1.60 bits per heavy atom. The van der Waals surface area contributed by atoms with Crippen molar-refractivity contribution in [3.8, 4) is 0 Å². The molecule has 0 aliphatic heterocycles. The molecule has 0 saturated heterocycles. The maximum atomic E-state index is 11.5. The van der Waals surface area contributed by atoms with Crippen LogP contribution < -0.4 is 4.72 Å². The molecule has 0 bridgehead atoms. The Morgan fingerprint density at radius 2 is 2.33 bits per heavy atom. The van der Waals surface area contributed by atoms with Crippen LogP contribution in [0.15, 0.2) is 17.3 Å². The van der Waals surface area contributed by atoms with Crippen molar-refractivity contribution >= 4 is 10.0 Å². The zero-order chi connectivity index (χ0) is 11.3. The van der Waals surface area contributed by atoms with E-state index in [9.17, 15) is 8.42 Å². The van der Waals surface area contributed by atoms with Gasteiger partial charge < -0.3 is 4.74 Å². The van der Waals surface area contributed by atoms with Gasteiger partial charge in [0.2, 0.25) is 0 Å². The zero-order valence-corrected chi connectivity index (χ0v) is 9.54. The Morgan fingerprint density at radius 3 is 2.87 bits per heavy atom. The van der Waals surface area contributed by atoms with Gasteiger partial charge in [0.15, 0.2) is 5.03 Å². The molecule has 7 heteroatoms. The minimum absolute atomic E-state index is 0.0621. The molecule has 0 aliphatic rings. The van der Waals surface area contributed by atoms with Crippen LogP contribution >= 0.6 is 0 Å². The molecule has 6 nitrogen and oxygen atoms in total. The number of nitrogens with one attached hydrogen (secondary N) is 2. The molecular formula is C8H15N3O3S. The van der Waals surface area contributed by atoms with E-state index in [0.29, 0.717) is 6.61 Å². The fourth-order valence-electron chi connectivity index (χ4n) is 0.941. The van der Waals surface area contributed by atoms with Crippen molar-refractivity contribution in [2.24, 2.45) is 0 Å². The number of hydrogen-bond donors (Lipinski definition) is 2. The molecule has 0 radical (unpaired) electrons. The highest BCUT2D eigenvalue weighted by atomic mass is 32.2. The highest BCUT2D eigenvalue weighted by molar-refractivity contribution is 7.89. The molecular weight excluding hydrogens is 218 g/mol. The number of rotatable bonds is 6. The van der Waals surface area contributed by atoms with Crippen LogP contribution in [0, 0.1) is 0 Å². The molecule has 1 aromatic rings. The molecule has 0 atom stereocenters. The van der Waals surface area contributed by atoms with Gasteiger partial charge in [-0.05, 0) is 19.9 Å². The first-order valence-electron chi connectivity index (χ1n) is 4.63. The van der Waals surface area contributed by atoms with Gasteiger partial charge in [-0.3, -0.25) is 5.10 Å². The Balaban J connectivity index is 2.39. The molecule has 0 amide bonds. The molecule has 0 aliphatic carbocycles. The summed E-state index contributed by atoms with van der Waals surface area (Å²) in [6, 6.07) is 1.39. The predicted octanol–water partition coefficient (Wildman–Crippen LogP) is 0.113. The maximum absolute atomic E-state index is 11.5. The summed E-state index contributed by atoms with van der Waals surface area (Å²) in [5.41, 5.74) is 0. The molecule has 0 unspecified atom stereocenters. The smallest absolute Gasteiger partial charge is 0.257 e. The van der Waals surface area contributed by atoms with Crippen molar-refractivity contribution < 1.29 is 13.2 Å². The highest BCUT2D eigenvalue weighted by Gasteiger charge is 2.14. The van der Waals surface area contributed by atoms with Gasteiger partial charge in [0.05, 0.1) is 18.9 Å². The van der Waals surface area contributed by atoms with Crippen molar-refractivity contribution in [2.75, 3.05) is 13.2 Å². The second-order valence-electron chi connectivity index (χ2n) is 3.24.